The van der Waals surface area contributed by atoms with Crippen LogP contribution in [0.1, 0.15) is 0 Å². The van der Waals surface area contributed by atoms with Crippen molar-refractivity contribution in [3.05, 3.63) is 11.6 Å². The van der Waals surface area contributed by atoms with Gasteiger partial charge in [0.2, 0.25) is 0 Å². The highest BCUT2D eigenvalue weighted by Crippen LogP contribution is 2.37. The van der Waals surface area contributed by atoms with Crippen LogP contribution in [0.3, 0.4) is 0 Å². The zero-order valence-corrected chi connectivity index (χ0v) is 4.43. The molecule has 0 aromatic carbocycles. The van der Waals surface area contributed by atoms with E-state index in [1.54, 1.807) is 5.41 Å². The van der Waals surface area contributed by atoms with Crippen LogP contribution in [0.2, 0.25) is 0 Å². The predicted molar refractivity (Wildman–Crippen MR) is 30.0 cm³/mol. The standard InChI is InChI=1S/C2H6N4S/c3-7(4)2-1-5-6-7/h1-2H,3-4H2. The van der Waals surface area contributed by atoms with Gasteiger partial charge in [-0.15, -0.1) is 4.52 Å². The summed E-state index contributed by atoms with van der Waals surface area (Å²) in [6.07, 6.45) is 1.51. The van der Waals surface area contributed by atoms with Gasteiger partial charge in [-0.3, -0.25) is 10.3 Å². The van der Waals surface area contributed by atoms with Crippen LogP contribution in [-0.2, 0) is 0 Å². The minimum Gasteiger partial charge on any atom is -0.262 e. The maximum Gasteiger partial charge on any atom is 0.0592 e. The Kier molecular flexibility index (Phi) is 0.878. The molecule has 40 valence electrons. The van der Waals surface area contributed by atoms with Crippen LogP contribution in [-0.4, -0.2) is 0 Å². The van der Waals surface area contributed by atoms with Crippen molar-refractivity contribution in [3.8, 4) is 0 Å². The van der Waals surface area contributed by atoms with Gasteiger partial charge in [0.05, 0.1) is 6.20 Å². The van der Waals surface area contributed by atoms with E-state index in [1.807, 2.05) is 0 Å². The molecule has 0 radical (unpaired) electrons. The van der Waals surface area contributed by atoms with E-state index in [2.05, 4.69) is 9.63 Å². The van der Waals surface area contributed by atoms with Gasteiger partial charge in [-0.05, 0) is 0 Å². The molecule has 0 fully saturated rings. The third kappa shape index (κ3) is 0.986. The van der Waals surface area contributed by atoms with Crippen molar-refractivity contribution in [3.63, 3.8) is 0 Å². The van der Waals surface area contributed by atoms with Gasteiger partial charge in [0.15, 0.2) is 0 Å². The smallest absolute Gasteiger partial charge is 0.0592 e. The zero-order valence-electron chi connectivity index (χ0n) is 3.61. The Balaban J connectivity index is 2.77. The van der Waals surface area contributed by atoms with E-state index >= 15 is 0 Å². The third-order valence-electron chi connectivity index (χ3n) is 0.534. The maximum absolute atomic E-state index is 5.29. The molecule has 0 atom stereocenters. The first-order chi connectivity index (χ1) is 3.21. The average molecular weight is 118 g/mol. The number of hydrogen-bond donors (Lipinski definition) is 2. The van der Waals surface area contributed by atoms with E-state index in [1.165, 1.54) is 6.20 Å². The Labute approximate surface area is 43.0 Å². The van der Waals surface area contributed by atoms with Crippen molar-refractivity contribution in [2.75, 3.05) is 0 Å². The quantitative estimate of drug-likeness (QED) is 0.482. The van der Waals surface area contributed by atoms with Crippen LogP contribution in [0, 0.1) is 0 Å². The minimum absolute atomic E-state index is 1.51. The number of nitrogens with two attached hydrogens (primary N) is 2. The topological polar surface area (TPSA) is 76.8 Å². The summed E-state index contributed by atoms with van der Waals surface area (Å²) < 4.78 is 3.52. The normalized spacial score (nSPS) is 28.3. The molecule has 1 aliphatic rings. The molecule has 0 aliphatic carbocycles. The molecule has 0 saturated heterocycles. The van der Waals surface area contributed by atoms with Crippen LogP contribution >= 0.6 is 10.6 Å². The fourth-order valence-corrected chi connectivity index (χ4v) is 0.782. The average Bonchev–Trinajstić information content (AvgIpc) is 1.84. The summed E-state index contributed by atoms with van der Waals surface area (Å²) in [5.41, 5.74) is 0. The van der Waals surface area contributed by atoms with Crippen LogP contribution in [0.4, 0.5) is 0 Å². The molecule has 0 aromatic rings. The van der Waals surface area contributed by atoms with Gasteiger partial charge in [0.1, 0.15) is 0 Å². The minimum atomic E-state index is -1.77. The monoisotopic (exact) mass is 118 g/mol. The molecule has 0 aromatic heterocycles. The van der Waals surface area contributed by atoms with Crippen LogP contribution in [0.5, 0.6) is 0 Å². The highest BCUT2D eigenvalue weighted by Gasteiger charge is 2.07. The Morgan fingerprint density at radius 2 is 2.14 bits per heavy atom. The number of rotatable bonds is 0. The molecule has 0 amide bonds. The van der Waals surface area contributed by atoms with E-state index in [0.29, 0.717) is 0 Å². The molecule has 0 bridgehead atoms. The summed E-state index contributed by atoms with van der Waals surface area (Å²) in [4.78, 5) is 0. The lowest BCUT2D eigenvalue weighted by Gasteiger charge is -2.12. The molecule has 1 aliphatic heterocycles. The van der Waals surface area contributed by atoms with Crippen molar-refractivity contribution in [2.24, 2.45) is 19.9 Å². The first-order valence-corrected chi connectivity index (χ1v) is 3.46. The number of nitrogens with zero attached hydrogens (tertiary/aromatic N) is 2. The highest BCUT2D eigenvalue weighted by atomic mass is 32.3. The molecule has 0 saturated carbocycles. The largest absolute Gasteiger partial charge is 0.262 e. The Morgan fingerprint density at radius 3 is 2.29 bits per heavy atom. The summed E-state index contributed by atoms with van der Waals surface area (Å²) in [5, 5.41) is 15.7. The summed E-state index contributed by atoms with van der Waals surface area (Å²) in [7, 11) is -1.77. The molecule has 0 unspecified atom stereocenters. The van der Waals surface area contributed by atoms with Crippen molar-refractivity contribution < 1.29 is 0 Å². The van der Waals surface area contributed by atoms with Crippen LogP contribution in [0.25, 0.3) is 0 Å². The molecule has 4 N–H and O–H groups in total. The van der Waals surface area contributed by atoms with E-state index in [0.717, 1.165) is 0 Å². The van der Waals surface area contributed by atoms with Gasteiger partial charge in [0, 0.05) is 16.0 Å². The van der Waals surface area contributed by atoms with E-state index in [-0.39, 0.29) is 0 Å². The molecular weight excluding hydrogens is 112 g/mol. The first kappa shape index (κ1) is 4.76. The SMILES string of the molecule is NS1(N)C=CN=N1. The van der Waals surface area contributed by atoms with Crippen molar-refractivity contribution in [2.45, 2.75) is 0 Å². The molecule has 7 heavy (non-hydrogen) atoms. The van der Waals surface area contributed by atoms with Gasteiger partial charge in [-0.25, -0.2) is 0 Å². The summed E-state index contributed by atoms with van der Waals surface area (Å²) in [6.45, 7) is 0. The van der Waals surface area contributed by atoms with Gasteiger partial charge >= 0.3 is 0 Å². The summed E-state index contributed by atoms with van der Waals surface area (Å²) >= 11 is 0. The predicted octanol–water partition coefficient (Wildman–Crippen LogP) is 0.390. The maximum atomic E-state index is 5.29. The van der Waals surface area contributed by atoms with Crippen LogP contribution < -0.4 is 10.3 Å². The Morgan fingerprint density at radius 1 is 1.43 bits per heavy atom. The lowest BCUT2D eigenvalue weighted by molar-refractivity contribution is 1.35. The van der Waals surface area contributed by atoms with Gasteiger partial charge in [-0.2, -0.15) is 5.11 Å². The Bertz CT molecular complexity index is 112. The molecular formula is C2H6N4S. The second-order valence-corrected chi connectivity index (χ2v) is 3.09. The van der Waals surface area contributed by atoms with Gasteiger partial charge in [0.25, 0.3) is 0 Å². The van der Waals surface area contributed by atoms with Crippen molar-refractivity contribution >= 4 is 10.6 Å². The fraction of sp³-hybridized carbons (Fsp3) is 0. The lowest BCUT2D eigenvalue weighted by Crippen LogP contribution is -2.11. The van der Waals surface area contributed by atoms with Gasteiger partial charge in [-0.1, -0.05) is 0 Å². The second kappa shape index (κ2) is 1.29. The molecule has 0 spiro atoms. The van der Waals surface area contributed by atoms with E-state index < -0.39 is 10.6 Å². The molecule has 5 heteroatoms. The summed E-state index contributed by atoms with van der Waals surface area (Å²) in [6, 6.07) is 0. The third-order valence-corrected chi connectivity index (χ3v) is 1.47. The molecule has 4 nitrogen and oxygen atoms in total. The van der Waals surface area contributed by atoms with Crippen LogP contribution in [0.15, 0.2) is 21.2 Å². The van der Waals surface area contributed by atoms with Gasteiger partial charge < -0.3 is 0 Å². The number of hydrogen-bond acceptors (Lipinski definition) is 4. The molecule has 1 heterocycles. The van der Waals surface area contributed by atoms with Crippen molar-refractivity contribution in [1.29, 1.82) is 0 Å². The van der Waals surface area contributed by atoms with Crippen molar-refractivity contribution in [1.82, 2.24) is 0 Å². The van der Waals surface area contributed by atoms with E-state index in [9.17, 15) is 0 Å². The zero-order chi connectivity index (χ0) is 5.33. The Hall–Kier alpha value is -0.390. The van der Waals surface area contributed by atoms with E-state index in [4.69, 9.17) is 10.3 Å². The first-order valence-electron chi connectivity index (χ1n) is 1.68. The molecule has 1 rings (SSSR count). The highest BCUT2D eigenvalue weighted by molar-refractivity contribution is 8.31. The fourth-order valence-electron chi connectivity index (χ4n) is 0.261. The lowest BCUT2D eigenvalue weighted by atomic mass is 11.1. The summed E-state index contributed by atoms with van der Waals surface area (Å²) in [5.74, 6) is 0. The second-order valence-electron chi connectivity index (χ2n) is 1.21.